The van der Waals surface area contributed by atoms with Crippen molar-refractivity contribution in [3.8, 4) is 5.75 Å². The van der Waals surface area contributed by atoms with Gasteiger partial charge in [0.05, 0.1) is 6.61 Å². The standard InChI is InChI=1S/C23H27NO7/c1-2-29-20(15-25)12-13-30-19-10-8-17(9-11-19)14-21(22(26)27)24-23(28)31-16-18-6-4-3-5-7-18/h3-11,15,20-21H,2,12-14,16H2,1H3,(H,24,28)(H,26,27)/t20?,21-/m0/s1. The molecule has 1 amide bonds. The summed E-state index contributed by atoms with van der Waals surface area (Å²) in [5, 5.41) is 11.8. The first-order chi connectivity index (χ1) is 15.0. The van der Waals surface area contributed by atoms with Gasteiger partial charge in [-0.3, -0.25) is 0 Å². The molecule has 8 heteroatoms. The van der Waals surface area contributed by atoms with Crippen molar-refractivity contribution in [2.45, 2.75) is 38.5 Å². The molecule has 2 N–H and O–H groups in total. The van der Waals surface area contributed by atoms with Crippen LogP contribution in [0.15, 0.2) is 54.6 Å². The van der Waals surface area contributed by atoms with Gasteiger partial charge in [-0.15, -0.1) is 0 Å². The first-order valence-electron chi connectivity index (χ1n) is 10.0. The number of nitrogens with one attached hydrogen (secondary N) is 1. The molecule has 0 saturated heterocycles. The van der Waals surface area contributed by atoms with Crippen molar-refractivity contribution in [2.75, 3.05) is 13.2 Å². The van der Waals surface area contributed by atoms with Gasteiger partial charge in [0.2, 0.25) is 0 Å². The van der Waals surface area contributed by atoms with E-state index in [0.717, 1.165) is 11.8 Å². The van der Waals surface area contributed by atoms with E-state index in [4.69, 9.17) is 14.2 Å². The van der Waals surface area contributed by atoms with Crippen LogP contribution < -0.4 is 10.1 Å². The highest BCUT2D eigenvalue weighted by Crippen LogP contribution is 2.14. The lowest BCUT2D eigenvalue weighted by atomic mass is 10.1. The fraction of sp³-hybridized carbons (Fsp3) is 0.348. The molecule has 166 valence electrons. The Bertz CT molecular complexity index is 824. The minimum Gasteiger partial charge on any atom is -0.493 e. The van der Waals surface area contributed by atoms with Gasteiger partial charge in [-0.1, -0.05) is 42.5 Å². The van der Waals surface area contributed by atoms with Gasteiger partial charge in [0, 0.05) is 19.4 Å². The van der Waals surface area contributed by atoms with Crippen molar-refractivity contribution >= 4 is 18.3 Å². The minimum absolute atomic E-state index is 0.0549. The van der Waals surface area contributed by atoms with Crippen LogP contribution in [0.5, 0.6) is 5.75 Å². The lowest BCUT2D eigenvalue weighted by Gasteiger charge is -2.15. The maximum absolute atomic E-state index is 12.0. The third-order valence-electron chi connectivity index (χ3n) is 4.37. The summed E-state index contributed by atoms with van der Waals surface area (Å²) in [7, 11) is 0. The molecule has 0 aromatic heterocycles. The summed E-state index contributed by atoms with van der Waals surface area (Å²) in [6, 6.07) is 14.8. The highest BCUT2D eigenvalue weighted by molar-refractivity contribution is 5.80. The number of carboxylic acid groups (broad SMARTS) is 1. The van der Waals surface area contributed by atoms with Gasteiger partial charge in [-0.2, -0.15) is 0 Å². The summed E-state index contributed by atoms with van der Waals surface area (Å²) in [4.78, 5) is 34.4. The van der Waals surface area contributed by atoms with E-state index < -0.39 is 24.2 Å². The summed E-state index contributed by atoms with van der Waals surface area (Å²) in [5.74, 6) is -0.570. The highest BCUT2D eigenvalue weighted by atomic mass is 16.5. The van der Waals surface area contributed by atoms with Crippen molar-refractivity contribution in [2.24, 2.45) is 0 Å². The molecule has 0 heterocycles. The molecule has 0 fully saturated rings. The Morgan fingerprint density at radius 1 is 1.06 bits per heavy atom. The van der Waals surface area contributed by atoms with E-state index in [2.05, 4.69) is 5.32 Å². The SMILES string of the molecule is CCOC(C=O)CCOc1ccc(C[C@H](NC(=O)OCc2ccccc2)C(=O)O)cc1. The van der Waals surface area contributed by atoms with E-state index in [1.807, 2.05) is 37.3 Å². The average Bonchev–Trinajstić information content (AvgIpc) is 2.78. The predicted octanol–water partition coefficient (Wildman–Crippen LogP) is 2.98. The van der Waals surface area contributed by atoms with Crippen LogP contribution in [-0.4, -0.2) is 48.8 Å². The molecule has 0 aliphatic carbocycles. The summed E-state index contributed by atoms with van der Waals surface area (Å²) in [6.07, 6.45) is -0.00796. The largest absolute Gasteiger partial charge is 0.493 e. The zero-order valence-electron chi connectivity index (χ0n) is 17.4. The Labute approximate surface area is 181 Å². The number of hydrogen-bond donors (Lipinski definition) is 2. The lowest BCUT2D eigenvalue weighted by Crippen LogP contribution is -2.42. The van der Waals surface area contributed by atoms with E-state index in [1.54, 1.807) is 24.3 Å². The molecule has 0 saturated carbocycles. The second kappa shape index (κ2) is 13.0. The Morgan fingerprint density at radius 2 is 1.77 bits per heavy atom. The van der Waals surface area contributed by atoms with Crippen LogP contribution in [0.2, 0.25) is 0 Å². The zero-order valence-corrected chi connectivity index (χ0v) is 17.4. The molecule has 2 rings (SSSR count). The average molecular weight is 429 g/mol. The lowest BCUT2D eigenvalue weighted by molar-refractivity contribution is -0.139. The number of rotatable bonds is 13. The number of ether oxygens (including phenoxy) is 3. The third kappa shape index (κ3) is 8.88. The molecule has 0 aliphatic rings. The van der Waals surface area contributed by atoms with Gasteiger partial charge in [0.15, 0.2) is 0 Å². The van der Waals surface area contributed by atoms with Crippen molar-refractivity contribution in [1.82, 2.24) is 5.32 Å². The second-order valence-electron chi connectivity index (χ2n) is 6.71. The summed E-state index contributed by atoms with van der Waals surface area (Å²) < 4.78 is 15.9. The third-order valence-corrected chi connectivity index (χ3v) is 4.37. The molecule has 0 spiro atoms. The van der Waals surface area contributed by atoms with Gasteiger partial charge >= 0.3 is 12.1 Å². The molecular weight excluding hydrogens is 402 g/mol. The Balaban J connectivity index is 1.82. The van der Waals surface area contributed by atoms with E-state index in [-0.39, 0.29) is 13.0 Å². The molecule has 0 bridgehead atoms. The molecule has 0 aliphatic heterocycles. The summed E-state index contributed by atoms with van der Waals surface area (Å²) in [6.45, 7) is 2.64. The van der Waals surface area contributed by atoms with Crippen LogP contribution in [0.3, 0.4) is 0 Å². The maximum atomic E-state index is 12.0. The maximum Gasteiger partial charge on any atom is 0.408 e. The van der Waals surface area contributed by atoms with E-state index >= 15 is 0 Å². The molecule has 0 radical (unpaired) electrons. The minimum atomic E-state index is -1.16. The van der Waals surface area contributed by atoms with Crippen LogP contribution in [0.1, 0.15) is 24.5 Å². The molecule has 2 aromatic carbocycles. The van der Waals surface area contributed by atoms with Crippen molar-refractivity contribution in [3.63, 3.8) is 0 Å². The number of amides is 1. The number of hydrogen-bond acceptors (Lipinski definition) is 6. The van der Waals surface area contributed by atoms with Crippen LogP contribution in [-0.2, 0) is 32.1 Å². The van der Waals surface area contributed by atoms with Crippen LogP contribution >= 0.6 is 0 Å². The van der Waals surface area contributed by atoms with E-state index in [9.17, 15) is 19.5 Å². The highest BCUT2D eigenvalue weighted by Gasteiger charge is 2.21. The Kier molecular flexibility index (Phi) is 10.0. The van der Waals surface area contributed by atoms with Gasteiger partial charge in [0.25, 0.3) is 0 Å². The van der Waals surface area contributed by atoms with Crippen molar-refractivity contribution < 1.29 is 33.7 Å². The number of carboxylic acids is 1. The molecule has 2 aromatic rings. The van der Waals surface area contributed by atoms with Gasteiger partial charge in [-0.05, 0) is 30.2 Å². The number of carbonyl (C=O) groups excluding carboxylic acids is 2. The first-order valence-corrected chi connectivity index (χ1v) is 10.0. The topological polar surface area (TPSA) is 111 Å². The fourth-order valence-corrected chi connectivity index (χ4v) is 2.76. The number of aliphatic carboxylic acids is 1. The van der Waals surface area contributed by atoms with Crippen LogP contribution in [0.25, 0.3) is 0 Å². The number of carbonyl (C=O) groups is 3. The van der Waals surface area contributed by atoms with Crippen LogP contribution in [0.4, 0.5) is 4.79 Å². The molecule has 1 unspecified atom stereocenters. The normalized spacial score (nSPS) is 12.4. The molecule has 8 nitrogen and oxygen atoms in total. The summed E-state index contributed by atoms with van der Waals surface area (Å²) in [5.41, 5.74) is 1.52. The number of aldehydes is 1. The molecule has 2 atom stereocenters. The quantitative estimate of drug-likeness (QED) is 0.471. The zero-order chi connectivity index (χ0) is 22.5. The van der Waals surface area contributed by atoms with Gasteiger partial charge in [-0.25, -0.2) is 9.59 Å². The first kappa shape index (κ1) is 23.9. The fourth-order valence-electron chi connectivity index (χ4n) is 2.76. The number of alkyl carbamates (subject to hydrolysis) is 1. The van der Waals surface area contributed by atoms with E-state index in [1.165, 1.54) is 0 Å². The Morgan fingerprint density at radius 3 is 2.39 bits per heavy atom. The predicted molar refractivity (Wildman–Crippen MR) is 113 cm³/mol. The monoisotopic (exact) mass is 429 g/mol. The molecule has 31 heavy (non-hydrogen) atoms. The van der Waals surface area contributed by atoms with Crippen molar-refractivity contribution in [1.29, 1.82) is 0 Å². The van der Waals surface area contributed by atoms with Gasteiger partial charge < -0.3 is 29.4 Å². The van der Waals surface area contributed by atoms with Gasteiger partial charge in [0.1, 0.15) is 30.8 Å². The summed E-state index contributed by atoms with van der Waals surface area (Å²) >= 11 is 0. The smallest absolute Gasteiger partial charge is 0.408 e. The number of benzene rings is 2. The second-order valence-corrected chi connectivity index (χ2v) is 6.71. The Hall–Kier alpha value is -3.39. The van der Waals surface area contributed by atoms with Crippen molar-refractivity contribution in [3.05, 3.63) is 65.7 Å². The molecular formula is C23H27NO7. The van der Waals surface area contributed by atoms with Crippen LogP contribution in [0, 0.1) is 0 Å². The van der Waals surface area contributed by atoms with E-state index in [0.29, 0.717) is 30.9 Å².